The van der Waals surface area contributed by atoms with Crippen molar-refractivity contribution in [2.24, 2.45) is 0 Å². The van der Waals surface area contributed by atoms with Crippen LogP contribution in [0.2, 0.25) is 0 Å². The van der Waals surface area contributed by atoms with Crippen LogP contribution in [0, 0.1) is 0 Å². The molecule has 140 valence electrons. The average Bonchev–Trinajstić information content (AvgIpc) is 2.57. The fourth-order valence-electron chi connectivity index (χ4n) is 3.23. The smallest absolute Gasteiger partial charge is 0.110 e. The van der Waals surface area contributed by atoms with Gasteiger partial charge in [0, 0.05) is 0 Å². The van der Waals surface area contributed by atoms with Crippen molar-refractivity contribution in [3.63, 3.8) is 0 Å². The van der Waals surface area contributed by atoms with Gasteiger partial charge in [0.15, 0.2) is 0 Å². The van der Waals surface area contributed by atoms with E-state index in [9.17, 15) is 5.11 Å². The molecule has 2 heteroatoms. The van der Waals surface area contributed by atoms with Crippen LogP contribution in [-0.2, 0) is 0 Å². The van der Waals surface area contributed by atoms with E-state index in [2.05, 4.69) is 19.6 Å². The van der Waals surface area contributed by atoms with Gasteiger partial charge in [0.2, 0.25) is 0 Å². The maximum Gasteiger partial charge on any atom is 0.110 e. The highest BCUT2D eigenvalue weighted by Crippen LogP contribution is 2.14. The molecule has 0 amide bonds. The van der Waals surface area contributed by atoms with Gasteiger partial charge in [-0.2, -0.15) is 0 Å². The van der Waals surface area contributed by atoms with Crippen LogP contribution in [0.15, 0.2) is 0 Å². The Bertz CT molecular complexity index is 220. The van der Waals surface area contributed by atoms with Gasteiger partial charge in [0.05, 0.1) is 0 Å². The normalized spacial score (nSPS) is 14.1. The highest BCUT2D eigenvalue weighted by Gasteiger charge is 2.14. The van der Waals surface area contributed by atoms with Crippen molar-refractivity contribution in [2.45, 2.75) is 135 Å². The predicted octanol–water partition coefficient (Wildman–Crippen LogP) is 5.63. The van der Waals surface area contributed by atoms with Gasteiger partial charge < -0.3 is 10.8 Å². The first-order valence-corrected chi connectivity index (χ1v) is 10.7. The number of quaternary nitrogens is 1. The molecule has 0 spiro atoms. The fraction of sp³-hybridized carbons (Fsp3) is 1.00. The van der Waals surface area contributed by atoms with Gasteiger partial charge in [-0.05, 0) is 12.8 Å². The van der Waals surface area contributed by atoms with Crippen molar-refractivity contribution >= 4 is 0 Å². The number of hydrogen-bond acceptors (Lipinski definition) is 1. The number of aliphatic hydroxyl groups excluding tert-OH is 1. The van der Waals surface area contributed by atoms with Gasteiger partial charge in [-0.3, -0.25) is 0 Å². The van der Waals surface area contributed by atoms with Crippen LogP contribution in [0.4, 0.5) is 0 Å². The Morgan fingerprint density at radius 2 is 0.957 bits per heavy atom. The minimum Gasteiger partial charge on any atom is -0.387 e. The summed E-state index contributed by atoms with van der Waals surface area (Å²) in [6.07, 6.45) is 22.7. The van der Waals surface area contributed by atoms with E-state index in [-0.39, 0.29) is 12.1 Å². The molecule has 0 aromatic heterocycles. The van der Waals surface area contributed by atoms with E-state index in [0.717, 1.165) is 12.8 Å². The summed E-state index contributed by atoms with van der Waals surface area (Å²) in [7, 11) is 0. The number of hydrogen-bond donors (Lipinski definition) is 2. The second-order valence-corrected chi connectivity index (χ2v) is 7.47. The Labute approximate surface area is 146 Å². The maximum absolute atomic E-state index is 9.86. The van der Waals surface area contributed by atoms with Crippen LogP contribution < -0.4 is 5.73 Å². The van der Waals surface area contributed by atoms with Crippen molar-refractivity contribution in [1.29, 1.82) is 0 Å². The first kappa shape index (κ1) is 22.9. The van der Waals surface area contributed by atoms with Gasteiger partial charge in [-0.25, -0.2) is 0 Å². The Balaban J connectivity index is 3.08. The minimum absolute atomic E-state index is 0.179. The lowest BCUT2D eigenvalue weighted by atomic mass is 10.0. The molecule has 0 radical (unpaired) electrons. The number of unbranched alkanes of at least 4 members (excludes halogenated alkanes) is 14. The third kappa shape index (κ3) is 16.6. The van der Waals surface area contributed by atoms with Crippen LogP contribution in [0.1, 0.15) is 123 Å². The summed E-state index contributed by atoms with van der Waals surface area (Å²) in [5.74, 6) is 0. The molecule has 0 aromatic rings. The molecule has 0 fully saturated rings. The lowest BCUT2D eigenvalue weighted by Crippen LogP contribution is -2.65. The van der Waals surface area contributed by atoms with Crippen LogP contribution in [-0.4, -0.2) is 17.3 Å². The van der Waals surface area contributed by atoms with E-state index in [1.54, 1.807) is 0 Å². The average molecular weight is 329 g/mol. The van der Waals surface area contributed by atoms with E-state index in [1.165, 1.54) is 96.3 Å². The van der Waals surface area contributed by atoms with E-state index in [4.69, 9.17) is 0 Å². The van der Waals surface area contributed by atoms with Gasteiger partial charge in [0.1, 0.15) is 12.1 Å². The van der Waals surface area contributed by atoms with Crippen LogP contribution in [0.3, 0.4) is 0 Å². The van der Waals surface area contributed by atoms with Crippen molar-refractivity contribution < 1.29 is 10.8 Å². The summed E-state index contributed by atoms with van der Waals surface area (Å²) < 4.78 is 0. The Morgan fingerprint density at radius 1 is 0.609 bits per heavy atom. The quantitative estimate of drug-likeness (QED) is 0.315. The van der Waals surface area contributed by atoms with E-state index >= 15 is 0 Å². The van der Waals surface area contributed by atoms with Gasteiger partial charge in [-0.15, -0.1) is 0 Å². The zero-order valence-electron chi connectivity index (χ0n) is 16.3. The molecule has 0 saturated carbocycles. The lowest BCUT2D eigenvalue weighted by Gasteiger charge is -2.13. The van der Waals surface area contributed by atoms with Crippen molar-refractivity contribution in [1.82, 2.24) is 0 Å². The van der Waals surface area contributed by atoms with E-state index in [1.807, 2.05) is 0 Å². The standard InChI is InChI=1S/C21H45NO/c1-3-5-6-7-8-9-10-11-12-13-14-15-16-17-18-19-21(23)20(22)4-2/h20-21,23H,3-19,22H2,1-2H3/p+1/t20-,21+/m0/s1. The third-order valence-corrected chi connectivity index (χ3v) is 5.17. The second kappa shape index (κ2) is 18.3. The predicted molar refractivity (Wildman–Crippen MR) is 103 cm³/mol. The van der Waals surface area contributed by atoms with Crippen LogP contribution >= 0.6 is 0 Å². The van der Waals surface area contributed by atoms with Gasteiger partial charge in [-0.1, -0.05) is 110 Å². The molecule has 0 aliphatic carbocycles. The largest absolute Gasteiger partial charge is 0.387 e. The zero-order chi connectivity index (χ0) is 17.2. The van der Waals surface area contributed by atoms with Crippen molar-refractivity contribution in [3.8, 4) is 0 Å². The number of rotatable bonds is 18. The molecule has 0 heterocycles. The SMILES string of the molecule is CCCCCCCCCCCCCCCCC[C@@H](O)[C@@H]([NH3+])CC. The summed E-state index contributed by atoms with van der Waals surface area (Å²) in [6.45, 7) is 4.39. The summed E-state index contributed by atoms with van der Waals surface area (Å²) in [5, 5.41) is 9.86. The molecule has 0 aliphatic heterocycles. The third-order valence-electron chi connectivity index (χ3n) is 5.17. The molecule has 0 aliphatic rings. The molecule has 23 heavy (non-hydrogen) atoms. The first-order chi connectivity index (χ1) is 11.2. The van der Waals surface area contributed by atoms with Crippen LogP contribution in [0.5, 0.6) is 0 Å². The molecule has 0 bridgehead atoms. The highest BCUT2D eigenvalue weighted by molar-refractivity contribution is 4.63. The second-order valence-electron chi connectivity index (χ2n) is 7.47. The molecule has 2 atom stereocenters. The molecule has 0 saturated heterocycles. The monoisotopic (exact) mass is 328 g/mol. The minimum atomic E-state index is -0.179. The zero-order valence-corrected chi connectivity index (χ0v) is 16.3. The van der Waals surface area contributed by atoms with Crippen molar-refractivity contribution in [3.05, 3.63) is 0 Å². The van der Waals surface area contributed by atoms with E-state index < -0.39 is 0 Å². The molecular weight excluding hydrogens is 282 g/mol. The molecule has 2 nitrogen and oxygen atoms in total. The Hall–Kier alpha value is -0.0800. The highest BCUT2D eigenvalue weighted by atomic mass is 16.3. The molecule has 0 unspecified atom stereocenters. The summed E-state index contributed by atoms with van der Waals surface area (Å²) >= 11 is 0. The fourth-order valence-corrected chi connectivity index (χ4v) is 3.23. The van der Waals surface area contributed by atoms with E-state index in [0.29, 0.717) is 0 Å². The number of aliphatic hydroxyl groups is 1. The molecule has 0 rings (SSSR count). The van der Waals surface area contributed by atoms with Gasteiger partial charge in [0.25, 0.3) is 0 Å². The summed E-state index contributed by atoms with van der Waals surface area (Å²) in [4.78, 5) is 0. The summed E-state index contributed by atoms with van der Waals surface area (Å²) in [5.41, 5.74) is 3.99. The van der Waals surface area contributed by atoms with Crippen molar-refractivity contribution in [2.75, 3.05) is 0 Å². The maximum atomic E-state index is 9.86. The molecular formula is C21H46NO+. The molecule has 0 aromatic carbocycles. The van der Waals surface area contributed by atoms with Crippen LogP contribution in [0.25, 0.3) is 0 Å². The topological polar surface area (TPSA) is 47.9 Å². The lowest BCUT2D eigenvalue weighted by molar-refractivity contribution is -0.438. The van der Waals surface area contributed by atoms with Gasteiger partial charge >= 0.3 is 0 Å². The molecule has 4 N–H and O–H groups in total. The Kier molecular flexibility index (Phi) is 18.2. The first-order valence-electron chi connectivity index (χ1n) is 10.7. The summed E-state index contributed by atoms with van der Waals surface area (Å²) in [6, 6.07) is 0.224. The Morgan fingerprint density at radius 3 is 1.30 bits per heavy atom.